The van der Waals surface area contributed by atoms with Crippen LogP contribution in [0.1, 0.15) is 36.6 Å². The van der Waals surface area contributed by atoms with E-state index in [1.807, 2.05) is 6.07 Å². The third-order valence-corrected chi connectivity index (χ3v) is 5.53. The molecule has 0 bridgehead atoms. The SMILES string of the molecule is NC(=O)C(NC1CCCC1)c1cc(Br)c(Cl)s1. The van der Waals surface area contributed by atoms with E-state index < -0.39 is 6.04 Å². The van der Waals surface area contributed by atoms with E-state index in [0.29, 0.717) is 10.4 Å². The van der Waals surface area contributed by atoms with Gasteiger partial charge in [-0.15, -0.1) is 11.3 Å². The van der Waals surface area contributed by atoms with Crippen molar-refractivity contribution in [1.29, 1.82) is 0 Å². The molecule has 0 spiro atoms. The van der Waals surface area contributed by atoms with Gasteiger partial charge in [-0.05, 0) is 34.8 Å². The number of carbonyl (C=O) groups excluding carboxylic acids is 1. The summed E-state index contributed by atoms with van der Waals surface area (Å²) in [6.45, 7) is 0. The Morgan fingerprint density at radius 3 is 2.71 bits per heavy atom. The molecule has 3 N–H and O–H groups in total. The number of halogens is 2. The molecule has 0 saturated heterocycles. The van der Waals surface area contributed by atoms with Crippen LogP contribution in [0.5, 0.6) is 0 Å². The number of carbonyl (C=O) groups is 1. The van der Waals surface area contributed by atoms with Crippen molar-refractivity contribution in [1.82, 2.24) is 5.32 Å². The van der Waals surface area contributed by atoms with Gasteiger partial charge >= 0.3 is 0 Å². The van der Waals surface area contributed by atoms with Crippen LogP contribution in [0.3, 0.4) is 0 Å². The molecule has 1 aliphatic carbocycles. The van der Waals surface area contributed by atoms with Gasteiger partial charge in [-0.3, -0.25) is 10.1 Å². The minimum absolute atomic E-state index is 0.345. The number of nitrogens with two attached hydrogens (primary N) is 1. The Morgan fingerprint density at radius 1 is 1.59 bits per heavy atom. The predicted molar refractivity (Wildman–Crippen MR) is 74.4 cm³/mol. The number of primary amides is 1. The second kappa shape index (κ2) is 5.69. The number of hydrogen-bond donors (Lipinski definition) is 2. The molecule has 1 atom stereocenters. The quantitative estimate of drug-likeness (QED) is 0.886. The van der Waals surface area contributed by atoms with Crippen LogP contribution in [0, 0.1) is 0 Å². The van der Waals surface area contributed by atoms with Gasteiger partial charge in [0.2, 0.25) is 5.91 Å². The fourth-order valence-corrected chi connectivity index (χ4v) is 3.94. The minimum Gasteiger partial charge on any atom is -0.368 e. The summed E-state index contributed by atoms with van der Waals surface area (Å²) in [6.07, 6.45) is 4.67. The molecule has 0 aliphatic heterocycles. The van der Waals surface area contributed by atoms with Crippen LogP contribution in [0.25, 0.3) is 0 Å². The van der Waals surface area contributed by atoms with Crippen molar-refractivity contribution in [2.24, 2.45) is 5.73 Å². The summed E-state index contributed by atoms with van der Waals surface area (Å²) < 4.78 is 1.47. The Hall–Kier alpha value is -0.100. The van der Waals surface area contributed by atoms with Crippen LogP contribution < -0.4 is 11.1 Å². The summed E-state index contributed by atoms with van der Waals surface area (Å²) in [7, 11) is 0. The maximum absolute atomic E-state index is 11.5. The van der Waals surface area contributed by atoms with Gasteiger partial charge in [0.15, 0.2) is 0 Å². The molecule has 1 fully saturated rings. The van der Waals surface area contributed by atoms with E-state index >= 15 is 0 Å². The lowest BCUT2D eigenvalue weighted by Crippen LogP contribution is -2.38. The van der Waals surface area contributed by atoms with E-state index in [2.05, 4.69) is 21.2 Å². The van der Waals surface area contributed by atoms with Crippen LogP contribution in [0.15, 0.2) is 10.5 Å². The van der Waals surface area contributed by atoms with Gasteiger partial charge in [0.1, 0.15) is 10.4 Å². The lowest BCUT2D eigenvalue weighted by Gasteiger charge is -2.18. The molecule has 1 heterocycles. The Balaban J connectivity index is 2.13. The Labute approximate surface area is 118 Å². The van der Waals surface area contributed by atoms with Gasteiger partial charge in [-0.25, -0.2) is 0 Å². The summed E-state index contributed by atoms with van der Waals surface area (Å²) in [5.41, 5.74) is 5.45. The molecule has 1 unspecified atom stereocenters. The average molecular weight is 338 g/mol. The van der Waals surface area contributed by atoms with E-state index in [4.69, 9.17) is 17.3 Å². The summed E-state index contributed by atoms with van der Waals surface area (Å²) >= 11 is 10.7. The lowest BCUT2D eigenvalue weighted by atomic mass is 10.1. The highest BCUT2D eigenvalue weighted by Gasteiger charge is 2.25. The van der Waals surface area contributed by atoms with Gasteiger partial charge in [0.05, 0.1) is 0 Å². The van der Waals surface area contributed by atoms with Gasteiger partial charge < -0.3 is 5.73 Å². The highest BCUT2D eigenvalue weighted by Crippen LogP contribution is 2.35. The Bertz CT molecular complexity index is 398. The molecular weight excluding hydrogens is 324 g/mol. The predicted octanol–water partition coefficient (Wildman–Crippen LogP) is 3.22. The molecule has 6 heteroatoms. The van der Waals surface area contributed by atoms with Gasteiger partial charge in [-0.2, -0.15) is 0 Å². The zero-order chi connectivity index (χ0) is 12.4. The van der Waals surface area contributed by atoms with Crippen LogP contribution in [-0.2, 0) is 4.79 Å². The first kappa shape index (κ1) is 13.3. The molecule has 0 aromatic carbocycles. The highest BCUT2D eigenvalue weighted by atomic mass is 79.9. The van der Waals surface area contributed by atoms with Crippen molar-refractivity contribution in [2.45, 2.75) is 37.8 Å². The molecule has 1 amide bonds. The van der Waals surface area contributed by atoms with Gasteiger partial charge in [-0.1, -0.05) is 24.4 Å². The summed E-state index contributed by atoms with van der Waals surface area (Å²) in [5, 5.41) is 3.33. The minimum atomic E-state index is -0.424. The van der Waals surface area contributed by atoms with E-state index in [9.17, 15) is 4.79 Å². The van der Waals surface area contributed by atoms with E-state index in [-0.39, 0.29) is 5.91 Å². The van der Waals surface area contributed by atoms with Crippen molar-refractivity contribution >= 4 is 44.8 Å². The first-order valence-electron chi connectivity index (χ1n) is 5.58. The molecule has 1 aliphatic rings. The molecule has 94 valence electrons. The Kier molecular flexibility index (Phi) is 4.47. The smallest absolute Gasteiger partial charge is 0.240 e. The summed E-state index contributed by atoms with van der Waals surface area (Å²) in [4.78, 5) is 12.4. The number of hydrogen-bond acceptors (Lipinski definition) is 3. The normalized spacial score (nSPS) is 18.5. The van der Waals surface area contributed by atoms with E-state index in [1.54, 1.807) is 0 Å². The maximum Gasteiger partial charge on any atom is 0.240 e. The number of amides is 1. The average Bonchev–Trinajstić information content (AvgIpc) is 2.86. The molecule has 1 saturated carbocycles. The van der Waals surface area contributed by atoms with Crippen molar-refractivity contribution in [3.05, 3.63) is 19.8 Å². The summed E-state index contributed by atoms with van der Waals surface area (Å²) in [6, 6.07) is 1.84. The number of thiophene rings is 1. The van der Waals surface area contributed by atoms with Crippen LogP contribution >= 0.6 is 38.9 Å². The van der Waals surface area contributed by atoms with Gasteiger partial charge in [0, 0.05) is 15.4 Å². The molecular formula is C11H14BrClN2OS. The number of rotatable bonds is 4. The zero-order valence-corrected chi connectivity index (χ0v) is 12.4. The zero-order valence-electron chi connectivity index (χ0n) is 9.21. The first-order chi connectivity index (χ1) is 8.08. The second-order valence-electron chi connectivity index (χ2n) is 4.25. The van der Waals surface area contributed by atoms with Gasteiger partial charge in [0.25, 0.3) is 0 Å². The third-order valence-electron chi connectivity index (χ3n) is 2.99. The molecule has 3 nitrogen and oxygen atoms in total. The molecule has 1 aromatic rings. The molecule has 0 radical (unpaired) electrons. The van der Waals surface area contributed by atoms with Crippen LogP contribution in [-0.4, -0.2) is 11.9 Å². The van der Waals surface area contributed by atoms with Crippen molar-refractivity contribution in [3.63, 3.8) is 0 Å². The summed E-state index contributed by atoms with van der Waals surface area (Å²) in [5.74, 6) is -0.345. The molecule has 17 heavy (non-hydrogen) atoms. The molecule has 2 rings (SSSR count). The van der Waals surface area contributed by atoms with Crippen LogP contribution in [0.2, 0.25) is 4.34 Å². The number of nitrogens with one attached hydrogen (secondary N) is 1. The van der Waals surface area contributed by atoms with E-state index in [1.165, 1.54) is 24.2 Å². The van der Waals surface area contributed by atoms with Crippen molar-refractivity contribution in [2.75, 3.05) is 0 Å². The topological polar surface area (TPSA) is 55.1 Å². The first-order valence-corrected chi connectivity index (χ1v) is 7.57. The second-order valence-corrected chi connectivity index (χ2v) is 6.79. The van der Waals surface area contributed by atoms with Crippen molar-refractivity contribution < 1.29 is 4.79 Å². The third kappa shape index (κ3) is 3.22. The van der Waals surface area contributed by atoms with E-state index in [0.717, 1.165) is 22.2 Å². The largest absolute Gasteiger partial charge is 0.368 e. The monoisotopic (exact) mass is 336 g/mol. The standard InChI is InChI=1S/C11H14BrClN2OS/c12-7-5-8(17-10(7)13)9(11(14)16)15-6-3-1-2-4-6/h5-6,9,15H,1-4H2,(H2,14,16). The van der Waals surface area contributed by atoms with Crippen LogP contribution in [0.4, 0.5) is 0 Å². The maximum atomic E-state index is 11.5. The van der Waals surface area contributed by atoms with Crippen molar-refractivity contribution in [3.8, 4) is 0 Å². The lowest BCUT2D eigenvalue weighted by molar-refractivity contribution is -0.120. The fraction of sp³-hybridized carbons (Fsp3) is 0.545. The highest BCUT2D eigenvalue weighted by molar-refractivity contribution is 9.10. The fourth-order valence-electron chi connectivity index (χ4n) is 2.14. The molecule has 1 aromatic heterocycles. The Morgan fingerprint density at radius 2 is 2.24 bits per heavy atom.